The van der Waals surface area contributed by atoms with Crippen molar-refractivity contribution in [3.63, 3.8) is 0 Å². The molecular formula is C13H16N4S. The zero-order valence-electron chi connectivity index (χ0n) is 10.7. The molecule has 0 atom stereocenters. The third kappa shape index (κ3) is 2.92. The molecule has 0 aliphatic rings. The van der Waals surface area contributed by atoms with E-state index in [9.17, 15) is 0 Å². The molecule has 1 heterocycles. The van der Waals surface area contributed by atoms with Crippen LogP contribution in [-0.2, 0) is 0 Å². The van der Waals surface area contributed by atoms with Crippen molar-refractivity contribution in [2.24, 2.45) is 0 Å². The smallest absolute Gasteiger partial charge is 0.224 e. The fourth-order valence-corrected chi connectivity index (χ4v) is 2.18. The Morgan fingerprint density at radius 3 is 2.67 bits per heavy atom. The molecular weight excluding hydrogens is 244 g/mol. The third-order valence-electron chi connectivity index (χ3n) is 2.45. The van der Waals surface area contributed by atoms with E-state index in [1.165, 1.54) is 4.90 Å². The van der Waals surface area contributed by atoms with Crippen LogP contribution in [0.5, 0.6) is 0 Å². The van der Waals surface area contributed by atoms with Crippen molar-refractivity contribution in [2.45, 2.75) is 11.8 Å². The Hall–Kier alpha value is -1.75. The Balaban J connectivity index is 2.30. The van der Waals surface area contributed by atoms with Crippen LogP contribution in [0.15, 0.2) is 35.2 Å². The topological polar surface area (TPSA) is 49.8 Å². The summed E-state index contributed by atoms with van der Waals surface area (Å²) in [5.41, 5.74) is 1.99. The Labute approximate surface area is 111 Å². The number of thioether (sulfide) groups is 1. The summed E-state index contributed by atoms with van der Waals surface area (Å²) in [6.07, 6.45) is 2.06. The molecule has 5 heteroatoms. The molecule has 0 spiro atoms. The van der Waals surface area contributed by atoms with E-state index < -0.39 is 0 Å². The second-order valence-electron chi connectivity index (χ2n) is 3.79. The fraction of sp³-hybridized carbons (Fsp3) is 0.231. The van der Waals surface area contributed by atoms with Crippen LogP contribution < -0.4 is 10.6 Å². The van der Waals surface area contributed by atoms with Gasteiger partial charge in [0.2, 0.25) is 5.95 Å². The number of benzene rings is 1. The molecule has 1 aromatic heterocycles. The first-order valence-electron chi connectivity index (χ1n) is 5.66. The van der Waals surface area contributed by atoms with Gasteiger partial charge in [0.05, 0.1) is 5.69 Å². The molecule has 4 nitrogen and oxygen atoms in total. The molecule has 0 aliphatic carbocycles. The summed E-state index contributed by atoms with van der Waals surface area (Å²) in [6, 6.07) is 10.1. The average Bonchev–Trinajstić information content (AvgIpc) is 2.38. The van der Waals surface area contributed by atoms with Crippen molar-refractivity contribution in [3.05, 3.63) is 36.0 Å². The van der Waals surface area contributed by atoms with Crippen LogP contribution in [0.4, 0.5) is 17.5 Å². The van der Waals surface area contributed by atoms with Crippen molar-refractivity contribution in [1.29, 1.82) is 0 Å². The standard InChI is InChI=1S/C13H16N4S/c1-9-8-12(17-13(14-2)15-9)16-10-6-4-5-7-11(10)18-3/h4-8H,1-3H3,(H2,14,15,16,17). The Morgan fingerprint density at radius 2 is 1.94 bits per heavy atom. The third-order valence-corrected chi connectivity index (χ3v) is 3.24. The summed E-state index contributed by atoms with van der Waals surface area (Å²) in [5, 5.41) is 6.28. The summed E-state index contributed by atoms with van der Waals surface area (Å²) in [7, 11) is 1.81. The van der Waals surface area contributed by atoms with Gasteiger partial charge in [0.1, 0.15) is 5.82 Å². The zero-order valence-corrected chi connectivity index (χ0v) is 11.5. The predicted molar refractivity (Wildman–Crippen MR) is 77.8 cm³/mol. The van der Waals surface area contributed by atoms with E-state index in [0.29, 0.717) is 5.95 Å². The highest BCUT2D eigenvalue weighted by molar-refractivity contribution is 7.98. The van der Waals surface area contributed by atoms with E-state index in [1.807, 2.05) is 38.2 Å². The molecule has 94 valence electrons. The van der Waals surface area contributed by atoms with E-state index in [1.54, 1.807) is 11.8 Å². The number of hydrogen-bond donors (Lipinski definition) is 2. The second-order valence-corrected chi connectivity index (χ2v) is 4.64. The average molecular weight is 260 g/mol. The summed E-state index contributed by atoms with van der Waals surface area (Å²) >= 11 is 1.71. The molecule has 18 heavy (non-hydrogen) atoms. The SMILES string of the molecule is CNc1nc(C)cc(Nc2ccccc2SC)n1. The molecule has 0 saturated carbocycles. The van der Waals surface area contributed by atoms with Crippen LogP contribution in [0.25, 0.3) is 0 Å². The van der Waals surface area contributed by atoms with Gasteiger partial charge in [0.25, 0.3) is 0 Å². The van der Waals surface area contributed by atoms with Crippen LogP contribution in [0.1, 0.15) is 5.69 Å². The Kier molecular flexibility index (Phi) is 4.04. The Bertz CT molecular complexity index is 542. The highest BCUT2D eigenvalue weighted by atomic mass is 32.2. The summed E-state index contributed by atoms with van der Waals surface area (Å²) in [6.45, 7) is 1.95. The van der Waals surface area contributed by atoms with Gasteiger partial charge in [-0.3, -0.25) is 0 Å². The number of nitrogens with one attached hydrogen (secondary N) is 2. The first kappa shape index (κ1) is 12.7. The largest absolute Gasteiger partial charge is 0.357 e. The minimum absolute atomic E-state index is 0.624. The number of hydrogen-bond acceptors (Lipinski definition) is 5. The summed E-state index contributed by atoms with van der Waals surface area (Å²) in [4.78, 5) is 9.84. The summed E-state index contributed by atoms with van der Waals surface area (Å²) < 4.78 is 0. The van der Waals surface area contributed by atoms with Crippen LogP contribution in [0, 0.1) is 6.92 Å². The highest BCUT2D eigenvalue weighted by Gasteiger charge is 2.04. The molecule has 2 aromatic rings. The maximum atomic E-state index is 4.38. The van der Waals surface area contributed by atoms with E-state index in [2.05, 4.69) is 32.9 Å². The lowest BCUT2D eigenvalue weighted by atomic mass is 10.3. The minimum Gasteiger partial charge on any atom is -0.357 e. The number of anilines is 3. The second kappa shape index (κ2) is 5.73. The highest BCUT2D eigenvalue weighted by Crippen LogP contribution is 2.27. The van der Waals surface area contributed by atoms with E-state index >= 15 is 0 Å². The molecule has 2 N–H and O–H groups in total. The molecule has 0 bridgehead atoms. The molecule has 0 aliphatic heterocycles. The van der Waals surface area contributed by atoms with Crippen molar-refractivity contribution >= 4 is 29.2 Å². The monoisotopic (exact) mass is 260 g/mol. The minimum atomic E-state index is 0.624. The number of nitrogens with zero attached hydrogens (tertiary/aromatic N) is 2. The molecule has 0 unspecified atom stereocenters. The molecule has 0 fully saturated rings. The quantitative estimate of drug-likeness (QED) is 0.826. The van der Waals surface area contributed by atoms with Gasteiger partial charge in [0.15, 0.2) is 0 Å². The maximum absolute atomic E-state index is 4.38. The van der Waals surface area contributed by atoms with Gasteiger partial charge in [-0.1, -0.05) is 12.1 Å². The normalized spacial score (nSPS) is 10.2. The van der Waals surface area contributed by atoms with Crippen LogP contribution >= 0.6 is 11.8 Å². The van der Waals surface area contributed by atoms with Crippen molar-refractivity contribution < 1.29 is 0 Å². The maximum Gasteiger partial charge on any atom is 0.224 e. The van der Waals surface area contributed by atoms with Gasteiger partial charge in [-0.25, -0.2) is 4.98 Å². The van der Waals surface area contributed by atoms with Gasteiger partial charge in [-0.2, -0.15) is 4.98 Å². The van der Waals surface area contributed by atoms with Crippen molar-refractivity contribution in [3.8, 4) is 0 Å². The van der Waals surface area contributed by atoms with Crippen molar-refractivity contribution in [1.82, 2.24) is 9.97 Å². The molecule has 0 amide bonds. The van der Waals surface area contributed by atoms with Gasteiger partial charge in [0, 0.05) is 23.7 Å². The van der Waals surface area contributed by atoms with E-state index in [-0.39, 0.29) is 0 Å². The van der Waals surface area contributed by atoms with Crippen LogP contribution in [-0.4, -0.2) is 23.3 Å². The number of para-hydroxylation sites is 1. The number of rotatable bonds is 4. The van der Waals surface area contributed by atoms with Gasteiger partial charge < -0.3 is 10.6 Å². The molecule has 2 rings (SSSR count). The lowest BCUT2D eigenvalue weighted by Gasteiger charge is -2.11. The lowest BCUT2D eigenvalue weighted by molar-refractivity contribution is 1.09. The van der Waals surface area contributed by atoms with Crippen LogP contribution in [0.3, 0.4) is 0 Å². The summed E-state index contributed by atoms with van der Waals surface area (Å²) in [5.74, 6) is 1.42. The fourth-order valence-electron chi connectivity index (χ4n) is 1.63. The van der Waals surface area contributed by atoms with E-state index in [4.69, 9.17) is 0 Å². The van der Waals surface area contributed by atoms with Crippen molar-refractivity contribution in [2.75, 3.05) is 23.9 Å². The molecule has 0 radical (unpaired) electrons. The molecule has 1 aromatic carbocycles. The van der Waals surface area contributed by atoms with Crippen LogP contribution in [0.2, 0.25) is 0 Å². The van der Waals surface area contributed by atoms with E-state index in [0.717, 1.165) is 17.2 Å². The predicted octanol–water partition coefficient (Wildman–Crippen LogP) is 3.29. The number of aryl methyl sites for hydroxylation is 1. The lowest BCUT2D eigenvalue weighted by Crippen LogP contribution is -2.02. The zero-order chi connectivity index (χ0) is 13.0. The first-order valence-corrected chi connectivity index (χ1v) is 6.89. The van der Waals surface area contributed by atoms with Gasteiger partial charge in [-0.15, -0.1) is 11.8 Å². The van der Waals surface area contributed by atoms with Gasteiger partial charge in [-0.05, 0) is 25.3 Å². The van der Waals surface area contributed by atoms with Gasteiger partial charge >= 0.3 is 0 Å². The molecule has 0 saturated heterocycles. The number of aromatic nitrogens is 2. The Morgan fingerprint density at radius 1 is 1.17 bits per heavy atom. The first-order chi connectivity index (χ1) is 8.72.